The van der Waals surface area contributed by atoms with E-state index < -0.39 is 21.8 Å². The summed E-state index contributed by atoms with van der Waals surface area (Å²) < 4.78 is 70.8. The van der Waals surface area contributed by atoms with Crippen molar-refractivity contribution in [2.75, 3.05) is 19.7 Å². The molecule has 0 radical (unpaired) electrons. The van der Waals surface area contributed by atoms with Gasteiger partial charge in [0.1, 0.15) is 0 Å². The molecule has 0 aliphatic carbocycles. The van der Waals surface area contributed by atoms with E-state index in [1.807, 2.05) is 0 Å². The van der Waals surface area contributed by atoms with Crippen LogP contribution >= 0.6 is 0 Å². The van der Waals surface area contributed by atoms with Gasteiger partial charge in [-0.25, -0.2) is 13.1 Å². The fourth-order valence-electron chi connectivity index (χ4n) is 3.26. The predicted octanol–water partition coefficient (Wildman–Crippen LogP) is 1.89. The molecule has 24 heavy (non-hydrogen) atoms. The van der Waals surface area contributed by atoms with Gasteiger partial charge in [-0.1, -0.05) is 0 Å². The second kappa shape index (κ2) is 6.29. The maximum atomic E-state index is 12.6. The Hall–Kier alpha value is -1.16. The van der Waals surface area contributed by atoms with Crippen molar-refractivity contribution in [1.82, 2.24) is 10.0 Å². The first-order valence-electron chi connectivity index (χ1n) is 7.75. The van der Waals surface area contributed by atoms with Gasteiger partial charge in [0.05, 0.1) is 22.7 Å². The number of hydrogen-bond acceptors (Lipinski definition) is 4. The summed E-state index contributed by atoms with van der Waals surface area (Å²) in [5, 5.41) is 3.23. The quantitative estimate of drug-likeness (QED) is 0.860. The first-order chi connectivity index (χ1) is 11.2. The molecule has 1 aromatic carbocycles. The summed E-state index contributed by atoms with van der Waals surface area (Å²) in [6.07, 6.45) is -2.26. The SMILES string of the molecule is O=S(=O)(NC1COC2(CCNCC2)C1)c1ccc(C(F)(F)F)cc1. The molecule has 3 rings (SSSR count). The number of piperidine rings is 1. The van der Waals surface area contributed by atoms with E-state index in [0.717, 1.165) is 50.2 Å². The third kappa shape index (κ3) is 3.74. The molecule has 1 aromatic rings. The molecule has 2 heterocycles. The normalized spacial score (nSPS) is 24.4. The van der Waals surface area contributed by atoms with Crippen LogP contribution < -0.4 is 10.0 Å². The molecule has 134 valence electrons. The summed E-state index contributed by atoms with van der Waals surface area (Å²) in [5.41, 5.74) is -1.17. The molecule has 0 saturated carbocycles. The zero-order valence-corrected chi connectivity index (χ0v) is 13.7. The van der Waals surface area contributed by atoms with Crippen LogP contribution in [0, 0.1) is 0 Å². The number of nitrogens with one attached hydrogen (secondary N) is 2. The van der Waals surface area contributed by atoms with Gasteiger partial charge in [0.15, 0.2) is 0 Å². The van der Waals surface area contributed by atoms with Crippen LogP contribution in [0.5, 0.6) is 0 Å². The van der Waals surface area contributed by atoms with Gasteiger partial charge in [-0.05, 0) is 56.6 Å². The summed E-state index contributed by atoms with van der Waals surface area (Å²) in [5.74, 6) is 0. The maximum Gasteiger partial charge on any atom is 0.416 e. The zero-order chi connectivity index (χ0) is 17.4. The molecule has 1 unspecified atom stereocenters. The fourth-order valence-corrected chi connectivity index (χ4v) is 4.48. The Bertz CT molecular complexity index is 683. The third-order valence-electron chi connectivity index (χ3n) is 4.54. The molecule has 2 N–H and O–H groups in total. The number of hydrogen-bond donors (Lipinski definition) is 2. The lowest BCUT2D eigenvalue weighted by molar-refractivity contribution is -0.137. The predicted molar refractivity (Wildman–Crippen MR) is 81.0 cm³/mol. The van der Waals surface area contributed by atoms with Gasteiger partial charge < -0.3 is 10.1 Å². The molecule has 2 aliphatic rings. The lowest BCUT2D eigenvalue weighted by Gasteiger charge is -2.32. The van der Waals surface area contributed by atoms with Crippen LogP contribution in [0.4, 0.5) is 13.2 Å². The average molecular weight is 364 g/mol. The first-order valence-corrected chi connectivity index (χ1v) is 9.23. The van der Waals surface area contributed by atoms with Crippen molar-refractivity contribution >= 4 is 10.0 Å². The highest BCUT2D eigenvalue weighted by Crippen LogP contribution is 2.34. The zero-order valence-electron chi connectivity index (χ0n) is 12.9. The Labute approximate surface area is 138 Å². The van der Waals surface area contributed by atoms with Crippen molar-refractivity contribution in [2.24, 2.45) is 0 Å². The van der Waals surface area contributed by atoms with Crippen molar-refractivity contribution in [3.8, 4) is 0 Å². The van der Waals surface area contributed by atoms with Gasteiger partial charge in [-0.15, -0.1) is 0 Å². The fraction of sp³-hybridized carbons (Fsp3) is 0.600. The Kier molecular flexibility index (Phi) is 4.63. The van der Waals surface area contributed by atoms with Crippen LogP contribution in [0.3, 0.4) is 0 Å². The monoisotopic (exact) mass is 364 g/mol. The van der Waals surface area contributed by atoms with Gasteiger partial charge in [-0.3, -0.25) is 0 Å². The van der Waals surface area contributed by atoms with Gasteiger partial charge in [0, 0.05) is 6.04 Å². The van der Waals surface area contributed by atoms with Crippen molar-refractivity contribution in [2.45, 2.75) is 42.0 Å². The van der Waals surface area contributed by atoms with E-state index in [1.54, 1.807) is 0 Å². The number of rotatable bonds is 3. The molecule has 1 spiro atoms. The maximum absolute atomic E-state index is 12.6. The average Bonchev–Trinajstić information content (AvgIpc) is 2.89. The van der Waals surface area contributed by atoms with Crippen LogP contribution in [-0.2, 0) is 20.9 Å². The Morgan fingerprint density at radius 1 is 1.17 bits per heavy atom. The van der Waals surface area contributed by atoms with E-state index >= 15 is 0 Å². The van der Waals surface area contributed by atoms with Crippen LogP contribution in [0.15, 0.2) is 29.2 Å². The van der Waals surface area contributed by atoms with E-state index in [0.29, 0.717) is 6.42 Å². The minimum Gasteiger partial charge on any atom is -0.373 e. The minimum absolute atomic E-state index is 0.179. The van der Waals surface area contributed by atoms with Crippen molar-refractivity contribution in [1.29, 1.82) is 0 Å². The minimum atomic E-state index is -4.49. The standard InChI is InChI=1S/C15H19F3N2O3S/c16-15(17,18)11-1-3-13(4-2-11)24(21,22)20-12-9-14(23-10-12)5-7-19-8-6-14/h1-4,12,19-20H,5-10H2. The van der Waals surface area contributed by atoms with E-state index in [2.05, 4.69) is 10.0 Å². The lowest BCUT2D eigenvalue weighted by Crippen LogP contribution is -2.43. The van der Waals surface area contributed by atoms with Gasteiger partial charge in [0.2, 0.25) is 10.0 Å². The van der Waals surface area contributed by atoms with Crippen molar-refractivity contribution in [3.05, 3.63) is 29.8 Å². The highest BCUT2D eigenvalue weighted by molar-refractivity contribution is 7.89. The molecule has 9 heteroatoms. The first kappa shape index (κ1) is 17.7. The lowest BCUT2D eigenvalue weighted by atomic mass is 9.88. The highest BCUT2D eigenvalue weighted by Gasteiger charge is 2.42. The largest absolute Gasteiger partial charge is 0.416 e. The van der Waals surface area contributed by atoms with E-state index in [9.17, 15) is 21.6 Å². The summed E-state index contributed by atoms with van der Waals surface area (Å²) in [4.78, 5) is -0.179. The van der Waals surface area contributed by atoms with Gasteiger partial charge in [0.25, 0.3) is 0 Å². The second-order valence-corrected chi connectivity index (χ2v) is 8.00. The van der Waals surface area contributed by atoms with E-state index in [-0.39, 0.29) is 23.1 Å². The van der Waals surface area contributed by atoms with Gasteiger partial charge >= 0.3 is 6.18 Å². The van der Waals surface area contributed by atoms with Crippen LogP contribution in [0.1, 0.15) is 24.8 Å². The van der Waals surface area contributed by atoms with E-state index in [4.69, 9.17) is 4.74 Å². The van der Waals surface area contributed by atoms with Gasteiger partial charge in [-0.2, -0.15) is 13.2 Å². The number of halogens is 3. The number of alkyl halides is 3. The van der Waals surface area contributed by atoms with E-state index in [1.165, 1.54) is 0 Å². The molecule has 2 fully saturated rings. The third-order valence-corrected chi connectivity index (χ3v) is 6.07. The summed E-state index contributed by atoms with van der Waals surface area (Å²) in [6.45, 7) is 1.94. The summed E-state index contributed by atoms with van der Waals surface area (Å²) in [6, 6.07) is 3.13. The number of benzene rings is 1. The molecular weight excluding hydrogens is 345 g/mol. The highest BCUT2D eigenvalue weighted by atomic mass is 32.2. The molecule has 2 aliphatic heterocycles. The Morgan fingerprint density at radius 2 is 1.79 bits per heavy atom. The smallest absolute Gasteiger partial charge is 0.373 e. The Balaban J connectivity index is 1.68. The molecule has 2 saturated heterocycles. The molecule has 1 atom stereocenters. The van der Waals surface area contributed by atoms with Crippen LogP contribution in [0.25, 0.3) is 0 Å². The molecule has 0 aromatic heterocycles. The molecule has 5 nitrogen and oxygen atoms in total. The molecule has 0 bridgehead atoms. The van der Waals surface area contributed by atoms with Crippen molar-refractivity contribution in [3.63, 3.8) is 0 Å². The number of ether oxygens (including phenoxy) is 1. The molecular formula is C15H19F3N2O3S. The van der Waals surface area contributed by atoms with Crippen LogP contribution in [-0.4, -0.2) is 39.8 Å². The topological polar surface area (TPSA) is 67.4 Å². The summed E-state index contributed by atoms with van der Waals surface area (Å²) in [7, 11) is -3.87. The van der Waals surface area contributed by atoms with Crippen LogP contribution in [0.2, 0.25) is 0 Å². The second-order valence-electron chi connectivity index (χ2n) is 6.29. The number of sulfonamides is 1. The van der Waals surface area contributed by atoms with Crippen molar-refractivity contribution < 1.29 is 26.3 Å². The Morgan fingerprint density at radius 3 is 2.38 bits per heavy atom. The molecule has 0 amide bonds. The summed E-state index contributed by atoms with van der Waals surface area (Å²) >= 11 is 0.